The summed E-state index contributed by atoms with van der Waals surface area (Å²) < 4.78 is 5.82. The fraction of sp³-hybridized carbons (Fsp3) is 0.321. The normalized spacial score (nSPS) is 18.5. The zero-order chi connectivity index (χ0) is 24.3. The number of rotatable bonds is 5. The Kier molecular flexibility index (Phi) is 6.53. The van der Waals surface area contributed by atoms with Crippen LogP contribution in [0.25, 0.3) is 0 Å². The highest BCUT2D eigenvalue weighted by Gasteiger charge is 2.51. The van der Waals surface area contributed by atoms with Gasteiger partial charge in [0, 0.05) is 12.6 Å². The van der Waals surface area contributed by atoms with Gasteiger partial charge < -0.3 is 14.7 Å². The zero-order valence-electron chi connectivity index (χ0n) is 19.7. The predicted molar refractivity (Wildman–Crippen MR) is 129 cm³/mol. The molecule has 0 saturated carbocycles. The number of carbonyl (C=O) groups excluding carboxylic acids is 2. The van der Waals surface area contributed by atoms with Gasteiger partial charge in [0.1, 0.15) is 17.4 Å². The second-order valence-corrected chi connectivity index (χ2v) is 9.70. The van der Waals surface area contributed by atoms with Crippen LogP contribution < -0.4 is 0 Å². The van der Waals surface area contributed by atoms with Crippen molar-refractivity contribution in [3.8, 4) is 0 Å². The van der Waals surface area contributed by atoms with E-state index in [-0.39, 0.29) is 24.1 Å². The summed E-state index contributed by atoms with van der Waals surface area (Å²) >= 11 is 0. The maximum absolute atomic E-state index is 13.6. The second kappa shape index (κ2) is 9.39. The minimum Gasteiger partial charge on any atom is -0.460 e. The van der Waals surface area contributed by atoms with Gasteiger partial charge in [0.15, 0.2) is 0 Å². The van der Waals surface area contributed by atoms with Gasteiger partial charge in [0.25, 0.3) is 5.91 Å². The number of hydrogen-bond donors (Lipinski definition) is 1. The Morgan fingerprint density at radius 1 is 0.912 bits per heavy atom. The van der Waals surface area contributed by atoms with Crippen LogP contribution in [-0.2, 0) is 15.1 Å². The number of esters is 1. The highest BCUT2D eigenvalue weighted by Crippen LogP contribution is 2.41. The third-order valence-electron chi connectivity index (χ3n) is 6.20. The number of aromatic nitrogens is 1. The average molecular weight is 459 g/mol. The maximum Gasteiger partial charge on any atom is 0.311 e. The molecule has 1 amide bonds. The molecule has 6 nitrogen and oxygen atoms in total. The van der Waals surface area contributed by atoms with Gasteiger partial charge in [-0.1, -0.05) is 66.7 Å². The number of likely N-dealkylation sites (tertiary alicyclic amines) is 1. The van der Waals surface area contributed by atoms with Gasteiger partial charge in [0.05, 0.1) is 18.0 Å². The molecule has 1 aliphatic heterocycles. The van der Waals surface area contributed by atoms with Gasteiger partial charge in [-0.05, 0) is 44.0 Å². The molecule has 176 valence electrons. The van der Waals surface area contributed by atoms with Crippen LogP contribution in [0.4, 0.5) is 0 Å². The summed E-state index contributed by atoms with van der Waals surface area (Å²) in [7, 11) is 0. The Labute approximate surface area is 200 Å². The standard InChI is InChI=1S/C28H30N2O4/c1-27(2,3)26(32)34-22-18-24(30(19-22)25(31)23-16-10-11-17-29-23)28(33,20-12-6-4-7-13-20)21-14-8-5-9-15-21/h4-17,22,24,33H,18-19H2,1-3H3/t22-,24+/m1/s1. The fourth-order valence-electron chi connectivity index (χ4n) is 4.40. The van der Waals surface area contributed by atoms with Gasteiger partial charge in [-0.25, -0.2) is 0 Å². The Balaban J connectivity index is 1.79. The summed E-state index contributed by atoms with van der Waals surface area (Å²) in [5.41, 5.74) is -0.599. The van der Waals surface area contributed by atoms with Crippen LogP contribution in [0.2, 0.25) is 0 Å². The Morgan fingerprint density at radius 2 is 1.47 bits per heavy atom. The smallest absolute Gasteiger partial charge is 0.311 e. The molecule has 2 heterocycles. The molecule has 6 heteroatoms. The van der Waals surface area contributed by atoms with E-state index in [2.05, 4.69) is 4.98 Å². The molecule has 34 heavy (non-hydrogen) atoms. The summed E-state index contributed by atoms with van der Waals surface area (Å²) in [6.45, 7) is 5.55. The first-order chi connectivity index (χ1) is 16.2. The number of amides is 1. The minimum absolute atomic E-state index is 0.171. The van der Waals surface area contributed by atoms with Crippen LogP contribution in [0.5, 0.6) is 0 Å². The molecule has 0 spiro atoms. The van der Waals surface area contributed by atoms with Crippen molar-refractivity contribution >= 4 is 11.9 Å². The predicted octanol–water partition coefficient (Wildman–Crippen LogP) is 4.19. The third kappa shape index (κ3) is 4.59. The van der Waals surface area contributed by atoms with Gasteiger partial charge in [-0.2, -0.15) is 0 Å². The van der Waals surface area contributed by atoms with Crippen molar-refractivity contribution < 1.29 is 19.4 Å². The SMILES string of the molecule is CC(C)(C)C(=O)O[C@@H]1C[C@@H](C(O)(c2ccccc2)c2ccccc2)N(C(=O)c2ccccn2)C1. The van der Waals surface area contributed by atoms with Gasteiger partial charge in [-0.3, -0.25) is 14.6 Å². The number of pyridine rings is 1. The molecule has 1 fully saturated rings. The third-order valence-corrected chi connectivity index (χ3v) is 6.20. The highest BCUT2D eigenvalue weighted by molar-refractivity contribution is 5.93. The molecule has 4 rings (SSSR count). The number of benzene rings is 2. The molecule has 0 bridgehead atoms. The van der Waals surface area contributed by atoms with E-state index in [1.54, 1.807) is 50.1 Å². The Bertz CT molecular complexity index is 1090. The second-order valence-electron chi connectivity index (χ2n) is 9.70. The van der Waals surface area contributed by atoms with Crippen molar-refractivity contribution in [2.45, 2.75) is 44.9 Å². The average Bonchev–Trinajstić information content (AvgIpc) is 3.28. The molecule has 0 unspecified atom stereocenters. The summed E-state index contributed by atoms with van der Waals surface area (Å²) in [5, 5.41) is 12.4. The largest absolute Gasteiger partial charge is 0.460 e. The van der Waals surface area contributed by atoms with E-state index in [1.165, 1.54) is 0 Å². The van der Waals surface area contributed by atoms with Crippen LogP contribution in [0.1, 0.15) is 48.8 Å². The summed E-state index contributed by atoms with van der Waals surface area (Å²) in [5.74, 6) is -0.656. The zero-order valence-corrected chi connectivity index (χ0v) is 19.7. The van der Waals surface area contributed by atoms with Crippen LogP contribution >= 0.6 is 0 Å². The molecule has 1 aromatic heterocycles. The first-order valence-electron chi connectivity index (χ1n) is 11.5. The fourth-order valence-corrected chi connectivity index (χ4v) is 4.40. The number of nitrogens with zero attached hydrogens (tertiary/aromatic N) is 2. The van der Waals surface area contributed by atoms with E-state index in [0.29, 0.717) is 17.5 Å². The van der Waals surface area contributed by atoms with Crippen LogP contribution in [0, 0.1) is 5.41 Å². The molecule has 0 aliphatic carbocycles. The van der Waals surface area contributed by atoms with Crippen molar-refractivity contribution in [2.24, 2.45) is 5.41 Å². The van der Waals surface area contributed by atoms with Crippen molar-refractivity contribution in [1.82, 2.24) is 9.88 Å². The minimum atomic E-state index is -1.52. The van der Waals surface area contributed by atoms with E-state index in [4.69, 9.17) is 4.74 Å². The van der Waals surface area contributed by atoms with E-state index < -0.39 is 23.2 Å². The van der Waals surface area contributed by atoms with Gasteiger partial charge >= 0.3 is 5.97 Å². The van der Waals surface area contributed by atoms with Crippen molar-refractivity contribution in [2.75, 3.05) is 6.54 Å². The molecule has 3 aromatic rings. The number of carbonyl (C=O) groups is 2. The first kappa shape index (κ1) is 23.6. The highest BCUT2D eigenvalue weighted by atomic mass is 16.5. The van der Waals surface area contributed by atoms with Crippen molar-refractivity contribution in [3.05, 3.63) is 102 Å². The summed E-state index contributed by atoms with van der Waals surface area (Å²) in [4.78, 5) is 32.1. The van der Waals surface area contributed by atoms with E-state index in [1.807, 2.05) is 60.7 Å². The monoisotopic (exact) mass is 458 g/mol. The lowest BCUT2D eigenvalue weighted by molar-refractivity contribution is -0.158. The lowest BCUT2D eigenvalue weighted by Gasteiger charge is -2.39. The lowest BCUT2D eigenvalue weighted by atomic mass is 9.78. The molecule has 2 atom stereocenters. The number of aliphatic hydroxyl groups is 1. The maximum atomic E-state index is 13.6. The van der Waals surface area contributed by atoms with E-state index in [9.17, 15) is 14.7 Å². The quantitative estimate of drug-likeness (QED) is 0.580. The molecule has 0 radical (unpaired) electrons. The van der Waals surface area contributed by atoms with Gasteiger partial charge in [0.2, 0.25) is 0 Å². The molecule has 1 aliphatic rings. The lowest BCUT2D eigenvalue weighted by Crippen LogP contribution is -2.50. The topological polar surface area (TPSA) is 79.7 Å². The molecular weight excluding hydrogens is 428 g/mol. The number of ether oxygens (including phenoxy) is 1. The Hall–Kier alpha value is -3.51. The van der Waals surface area contributed by atoms with Crippen LogP contribution in [0.15, 0.2) is 85.1 Å². The molecule has 2 aromatic carbocycles. The van der Waals surface area contributed by atoms with Gasteiger partial charge in [-0.15, -0.1) is 0 Å². The summed E-state index contributed by atoms with van der Waals surface area (Å²) in [6.07, 6.45) is 1.31. The molecular formula is C28H30N2O4. The summed E-state index contributed by atoms with van der Waals surface area (Å²) in [6, 6.07) is 23.1. The number of hydrogen-bond acceptors (Lipinski definition) is 5. The van der Waals surface area contributed by atoms with E-state index >= 15 is 0 Å². The van der Waals surface area contributed by atoms with Crippen molar-refractivity contribution in [1.29, 1.82) is 0 Å². The van der Waals surface area contributed by atoms with Crippen LogP contribution in [0.3, 0.4) is 0 Å². The van der Waals surface area contributed by atoms with Crippen LogP contribution in [-0.4, -0.2) is 45.6 Å². The molecule has 1 saturated heterocycles. The molecule has 1 N–H and O–H groups in total. The Morgan fingerprint density at radius 3 is 1.97 bits per heavy atom. The van der Waals surface area contributed by atoms with Crippen molar-refractivity contribution in [3.63, 3.8) is 0 Å². The van der Waals surface area contributed by atoms with E-state index in [0.717, 1.165) is 0 Å². The first-order valence-corrected chi connectivity index (χ1v) is 11.5.